The Morgan fingerprint density at radius 1 is 1.44 bits per heavy atom. The summed E-state index contributed by atoms with van der Waals surface area (Å²) in [5, 5.41) is 0. The van der Waals surface area contributed by atoms with E-state index >= 15 is 0 Å². The molecule has 0 aliphatic heterocycles. The van der Waals surface area contributed by atoms with Crippen LogP contribution in [0.25, 0.3) is 0 Å². The van der Waals surface area contributed by atoms with E-state index in [4.69, 9.17) is 4.74 Å². The Morgan fingerprint density at radius 3 is 2.33 bits per heavy atom. The summed E-state index contributed by atoms with van der Waals surface area (Å²) in [5.41, 5.74) is 0. The summed E-state index contributed by atoms with van der Waals surface area (Å²) in [6, 6.07) is 0.945. The summed E-state index contributed by atoms with van der Waals surface area (Å²) in [6.07, 6.45) is 0.992. The fourth-order valence-electron chi connectivity index (χ4n) is 0.649. The van der Waals surface area contributed by atoms with Gasteiger partial charge in [-0.25, -0.2) is 0 Å². The summed E-state index contributed by atoms with van der Waals surface area (Å²) in [7, 11) is -0.0880. The molecule has 56 valence electrons. The van der Waals surface area contributed by atoms with Crippen LogP contribution in [-0.2, 0) is 4.74 Å². The van der Waals surface area contributed by atoms with Gasteiger partial charge in [0.15, 0.2) is 8.32 Å². The first kappa shape index (κ1) is 9.14. The van der Waals surface area contributed by atoms with Crippen LogP contribution in [0.4, 0.5) is 0 Å². The minimum Gasteiger partial charge on any atom is -0.432 e. The average molecular weight is 148 g/mol. The lowest BCUT2D eigenvalue weighted by molar-refractivity contribution is 0.198. The zero-order chi connectivity index (χ0) is 7.33. The number of rotatable bonds is 4. The van der Waals surface area contributed by atoms with Gasteiger partial charge < -0.3 is 9.53 Å². The van der Waals surface area contributed by atoms with Gasteiger partial charge in [-0.15, -0.1) is 0 Å². The molecule has 0 spiro atoms. The van der Waals surface area contributed by atoms with Crippen molar-refractivity contribution < 1.29 is 9.53 Å². The van der Waals surface area contributed by atoms with Crippen LogP contribution < -0.4 is 0 Å². The largest absolute Gasteiger partial charge is 0.432 e. The molecule has 0 fully saturated rings. The van der Waals surface area contributed by atoms with E-state index in [0.717, 1.165) is 19.1 Å². The van der Waals surface area contributed by atoms with Gasteiger partial charge in [0.2, 0.25) is 0 Å². The lowest BCUT2D eigenvalue weighted by Crippen LogP contribution is -2.24. The third kappa shape index (κ3) is 8.14. The van der Waals surface area contributed by atoms with Crippen molar-refractivity contribution in [2.75, 3.05) is 13.7 Å². The Morgan fingerprint density at radius 2 is 2.00 bits per heavy atom. The molecule has 0 atom stereocenters. The molecule has 0 amide bonds. The Kier molecular flexibility index (Phi) is 4.09. The van der Waals surface area contributed by atoms with Crippen LogP contribution in [0, 0.1) is 0 Å². The zero-order valence-electron chi connectivity index (χ0n) is 6.48. The van der Waals surface area contributed by atoms with Gasteiger partial charge in [0, 0.05) is 13.7 Å². The average Bonchev–Trinajstić information content (AvgIpc) is 1.63. The van der Waals surface area contributed by atoms with E-state index in [9.17, 15) is 4.80 Å². The summed E-state index contributed by atoms with van der Waals surface area (Å²) < 4.78 is 4.85. The summed E-state index contributed by atoms with van der Waals surface area (Å²) in [5.74, 6) is 0. The van der Waals surface area contributed by atoms with E-state index < -0.39 is 8.32 Å². The molecule has 0 heterocycles. The third-order valence-electron chi connectivity index (χ3n) is 1.14. The Labute approximate surface area is 58.0 Å². The Balaban J connectivity index is 3.07. The van der Waals surface area contributed by atoms with Crippen LogP contribution in [0.1, 0.15) is 6.42 Å². The smallest absolute Gasteiger partial charge is 0.182 e. The van der Waals surface area contributed by atoms with Crippen LogP contribution in [-0.4, -0.2) is 26.8 Å². The van der Waals surface area contributed by atoms with Crippen molar-refractivity contribution in [1.82, 2.24) is 0 Å². The number of ether oxygens (including phenoxy) is 1. The van der Waals surface area contributed by atoms with Crippen LogP contribution in [0.15, 0.2) is 0 Å². The maximum atomic E-state index is 9.33. The van der Waals surface area contributed by atoms with E-state index in [2.05, 4.69) is 0 Å². The molecule has 1 N–H and O–H groups in total. The molecule has 9 heavy (non-hydrogen) atoms. The number of hydrogen-bond acceptors (Lipinski definition) is 2. The first-order valence-electron chi connectivity index (χ1n) is 3.27. The standard InChI is InChI=1S/C6H16O2Si/c1-8-5-4-6-9(2,3)7/h7H,4-6H2,1-3H3. The van der Waals surface area contributed by atoms with Crippen molar-refractivity contribution in [3.8, 4) is 0 Å². The first-order valence-corrected chi connectivity index (χ1v) is 6.43. The predicted octanol–water partition coefficient (Wildman–Crippen LogP) is 1.22. The highest BCUT2D eigenvalue weighted by molar-refractivity contribution is 6.69. The predicted molar refractivity (Wildman–Crippen MR) is 41.0 cm³/mol. The molecule has 0 saturated heterocycles. The summed E-state index contributed by atoms with van der Waals surface area (Å²) in [6.45, 7) is 4.67. The van der Waals surface area contributed by atoms with Crippen LogP contribution >= 0.6 is 0 Å². The van der Waals surface area contributed by atoms with E-state index in [1.54, 1.807) is 7.11 Å². The zero-order valence-corrected chi connectivity index (χ0v) is 7.48. The molecule has 0 aliphatic rings. The highest BCUT2D eigenvalue weighted by atomic mass is 28.4. The second kappa shape index (κ2) is 4.03. The molecule has 3 heteroatoms. The molecule has 0 aliphatic carbocycles. The molecule has 2 nitrogen and oxygen atoms in total. The van der Waals surface area contributed by atoms with E-state index in [-0.39, 0.29) is 0 Å². The van der Waals surface area contributed by atoms with E-state index in [1.165, 1.54) is 0 Å². The molecular weight excluding hydrogens is 132 g/mol. The fourth-order valence-corrected chi connectivity index (χ4v) is 1.66. The third-order valence-corrected chi connectivity index (χ3v) is 2.71. The molecule has 0 aromatic rings. The van der Waals surface area contributed by atoms with Gasteiger partial charge in [-0.2, -0.15) is 0 Å². The van der Waals surface area contributed by atoms with Gasteiger partial charge in [0.25, 0.3) is 0 Å². The SMILES string of the molecule is COCCC[Si](C)(C)O. The lowest BCUT2D eigenvalue weighted by Gasteiger charge is -2.12. The number of methoxy groups -OCH3 is 1. The molecular formula is C6H16O2Si. The van der Waals surface area contributed by atoms with Gasteiger partial charge in [-0.1, -0.05) is 0 Å². The lowest BCUT2D eigenvalue weighted by atomic mass is 10.5. The Bertz CT molecular complexity index is 67.9. The summed E-state index contributed by atoms with van der Waals surface area (Å²) in [4.78, 5) is 9.33. The fraction of sp³-hybridized carbons (Fsp3) is 1.00. The highest BCUT2D eigenvalue weighted by Crippen LogP contribution is 2.06. The quantitative estimate of drug-likeness (QED) is 0.480. The van der Waals surface area contributed by atoms with Gasteiger partial charge >= 0.3 is 0 Å². The van der Waals surface area contributed by atoms with Crippen LogP contribution in [0.3, 0.4) is 0 Å². The maximum absolute atomic E-state index is 9.33. The summed E-state index contributed by atoms with van der Waals surface area (Å²) >= 11 is 0. The topological polar surface area (TPSA) is 29.5 Å². The second-order valence-corrected chi connectivity index (χ2v) is 7.03. The van der Waals surface area contributed by atoms with Gasteiger partial charge in [-0.05, 0) is 25.6 Å². The minimum absolute atomic E-state index is 0.775. The van der Waals surface area contributed by atoms with Gasteiger partial charge in [0.1, 0.15) is 0 Å². The van der Waals surface area contributed by atoms with Crippen molar-refractivity contribution in [2.24, 2.45) is 0 Å². The molecule has 0 aromatic carbocycles. The molecule has 0 rings (SSSR count). The Hall–Kier alpha value is 0.137. The van der Waals surface area contributed by atoms with Crippen molar-refractivity contribution in [2.45, 2.75) is 25.6 Å². The van der Waals surface area contributed by atoms with Gasteiger partial charge in [0.05, 0.1) is 0 Å². The van der Waals surface area contributed by atoms with Gasteiger partial charge in [-0.3, -0.25) is 0 Å². The van der Waals surface area contributed by atoms with Crippen molar-refractivity contribution in [1.29, 1.82) is 0 Å². The number of hydrogen-bond donors (Lipinski definition) is 1. The van der Waals surface area contributed by atoms with Crippen LogP contribution in [0.2, 0.25) is 19.1 Å². The monoisotopic (exact) mass is 148 g/mol. The van der Waals surface area contributed by atoms with E-state index in [1.807, 2.05) is 13.1 Å². The molecule has 0 saturated carbocycles. The van der Waals surface area contributed by atoms with Crippen molar-refractivity contribution >= 4 is 8.32 Å². The normalized spacial score (nSPS) is 12.0. The first-order chi connectivity index (χ1) is 4.06. The molecule has 0 unspecified atom stereocenters. The van der Waals surface area contributed by atoms with E-state index in [0.29, 0.717) is 0 Å². The minimum atomic E-state index is -1.77. The highest BCUT2D eigenvalue weighted by Gasteiger charge is 2.14. The molecule has 0 aromatic heterocycles. The van der Waals surface area contributed by atoms with Crippen molar-refractivity contribution in [3.05, 3.63) is 0 Å². The van der Waals surface area contributed by atoms with Crippen LogP contribution in [0.5, 0.6) is 0 Å². The second-order valence-electron chi connectivity index (χ2n) is 2.91. The molecule has 0 radical (unpaired) electrons. The van der Waals surface area contributed by atoms with Crippen molar-refractivity contribution in [3.63, 3.8) is 0 Å². The molecule has 0 bridgehead atoms. The maximum Gasteiger partial charge on any atom is 0.182 e.